The average molecular weight is 490 g/mol. The number of piperidine rings is 1. The Hall–Kier alpha value is -2.27. The van der Waals surface area contributed by atoms with Gasteiger partial charge in [-0.1, -0.05) is 12.8 Å². The molecular formula is C27H34F3N3O2. The highest BCUT2D eigenvalue weighted by Crippen LogP contribution is 2.47. The van der Waals surface area contributed by atoms with E-state index in [4.69, 9.17) is 10.00 Å². The van der Waals surface area contributed by atoms with Gasteiger partial charge in [0.15, 0.2) is 0 Å². The molecule has 0 bridgehead atoms. The summed E-state index contributed by atoms with van der Waals surface area (Å²) >= 11 is 0. The third-order valence-corrected chi connectivity index (χ3v) is 8.75. The second kappa shape index (κ2) is 9.65. The fourth-order valence-electron chi connectivity index (χ4n) is 6.35. The Balaban J connectivity index is 1.32. The van der Waals surface area contributed by atoms with Crippen LogP contribution in [0.3, 0.4) is 0 Å². The maximum absolute atomic E-state index is 13.6. The molecule has 8 heteroatoms. The molecule has 5 rings (SSSR count). The number of amides is 1. The smallest absolute Gasteiger partial charge is 0.381 e. The number of hydrogen-bond donors (Lipinski definition) is 0. The Morgan fingerprint density at radius 1 is 1.11 bits per heavy atom. The molecule has 35 heavy (non-hydrogen) atoms. The lowest BCUT2D eigenvalue weighted by molar-refractivity contribution is -0.138. The summed E-state index contributed by atoms with van der Waals surface area (Å²) < 4.78 is 46.9. The van der Waals surface area contributed by atoms with Crippen molar-refractivity contribution in [3.8, 4) is 6.07 Å². The highest BCUT2D eigenvalue weighted by atomic mass is 19.4. The number of benzene rings is 1. The summed E-state index contributed by atoms with van der Waals surface area (Å²) in [5.74, 6) is 1.31. The Kier molecular flexibility index (Phi) is 6.73. The second-order valence-electron chi connectivity index (χ2n) is 11.1. The van der Waals surface area contributed by atoms with Crippen molar-refractivity contribution in [2.75, 3.05) is 44.3 Å². The molecule has 1 aromatic rings. The van der Waals surface area contributed by atoms with Gasteiger partial charge in [0.2, 0.25) is 5.91 Å². The Morgan fingerprint density at radius 2 is 1.83 bits per heavy atom. The van der Waals surface area contributed by atoms with Gasteiger partial charge in [-0.15, -0.1) is 0 Å². The fourth-order valence-corrected chi connectivity index (χ4v) is 6.35. The molecule has 4 aliphatic rings. The lowest BCUT2D eigenvalue weighted by Crippen LogP contribution is -2.48. The minimum absolute atomic E-state index is 0.0810. The number of nitriles is 1. The van der Waals surface area contributed by atoms with Gasteiger partial charge in [0.25, 0.3) is 0 Å². The fraction of sp³-hybridized carbons (Fsp3) is 0.704. The summed E-state index contributed by atoms with van der Waals surface area (Å²) in [6.07, 6.45) is 3.80. The number of carbonyl (C=O) groups excluding carboxylic acids is 1. The van der Waals surface area contributed by atoms with Crippen LogP contribution in [0, 0.1) is 34.5 Å². The van der Waals surface area contributed by atoms with E-state index in [1.54, 1.807) is 12.1 Å². The van der Waals surface area contributed by atoms with Gasteiger partial charge in [0.05, 0.1) is 23.8 Å². The van der Waals surface area contributed by atoms with Gasteiger partial charge >= 0.3 is 6.18 Å². The number of alkyl halides is 3. The molecule has 1 atom stereocenters. The van der Waals surface area contributed by atoms with E-state index in [0.29, 0.717) is 44.4 Å². The molecule has 0 N–H and O–H groups in total. The van der Waals surface area contributed by atoms with Crippen LogP contribution in [0.2, 0.25) is 0 Å². The minimum Gasteiger partial charge on any atom is -0.381 e. The van der Waals surface area contributed by atoms with E-state index in [1.165, 1.54) is 18.9 Å². The van der Waals surface area contributed by atoms with Gasteiger partial charge in [-0.25, -0.2) is 0 Å². The highest BCUT2D eigenvalue weighted by molar-refractivity contribution is 5.79. The van der Waals surface area contributed by atoms with E-state index in [0.717, 1.165) is 51.2 Å². The normalized spacial score (nSPS) is 24.8. The summed E-state index contributed by atoms with van der Waals surface area (Å²) in [6, 6.07) is 5.71. The van der Waals surface area contributed by atoms with Crippen LogP contribution in [0.4, 0.5) is 18.9 Å². The highest BCUT2D eigenvalue weighted by Gasteiger charge is 2.49. The zero-order chi connectivity index (χ0) is 24.6. The number of likely N-dealkylation sites (tertiary alicyclic amines) is 1. The Bertz CT molecular complexity index is 971. The maximum atomic E-state index is 13.6. The maximum Gasteiger partial charge on any atom is 0.417 e. The van der Waals surface area contributed by atoms with Crippen molar-refractivity contribution >= 4 is 11.6 Å². The molecule has 2 saturated heterocycles. The number of hydrogen-bond acceptors (Lipinski definition) is 4. The number of anilines is 1. The van der Waals surface area contributed by atoms with Crippen molar-refractivity contribution in [3.63, 3.8) is 0 Å². The number of nitrogens with zero attached hydrogens (tertiary/aromatic N) is 3. The van der Waals surface area contributed by atoms with Crippen molar-refractivity contribution in [2.45, 2.75) is 57.5 Å². The van der Waals surface area contributed by atoms with Crippen molar-refractivity contribution in [3.05, 3.63) is 29.3 Å². The van der Waals surface area contributed by atoms with E-state index in [1.807, 2.05) is 9.80 Å². The standard InChI is InChI=1S/C27H34F3N3O2/c28-27(29,30)24-13-23(8-7-21(24)14-31)33-15-22(17-35-16-19-5-6-19)26(18-33)9-11-32(12-10-26)25(34)20-3-1-2-4-20/h7-8,13,19-20,22H,1-6,9-12,15-18H2. The lowest BCUT2D eigenvalue weighted by Gasteiger charge is -2.43. The van der Waals surface area contributed by atoms with E-state index >= 15 is 0 Å². The first-order valence-corrected chi connectivity index (χ1v) is 13.0. The molecule has 1 spiro atoms. The van der Waals surface area contributed by atoms with Crippen LogP contribution >= 0.6 is 0 Å². The van der Waals surface area contributed by atoms with Crippen molar-refractivity contribution in [1.29, 1.82) is 5.26 Å². The van der Waals surface area contributed by atoms with Crippen LogP contribution < -0.4 is 4.90 Å². The van der Waals surface area contributed by atoms with Crippen LogP contribution in [0.25, 0.3) is 0 Å². The third kappa shape index (κ3) is 5.16. The Labute approximate surface area is 205 Å². The van der Waals surface area contributed by atoms with Gasteiger partial charge < -0.3 is 14.5 Å². The summed E-state index contributed by atoms with van der Waals surface area (Å²) in [6.45, 7) is 4.07. The molecule has 2 aliphatic carbocycles. The zero-order valence-corrected chi connectivity index (χ0v) is 20.2. The van der Waals surface area contributed by atoms with Gasteiger partial charge in [-0.2, -0.15) is 18.4 Å². The minimum atomic E-state index is -4.57. The van der Waals surface area contributed by atoms with E-state index < -0.39 is 11.7 Å². The zero-order valence-electron chi connectivity index (χ0n) is 20.2. The van der Waals surface area contributed by atoms with Crippen molar-refractivity contribution in [2.24, 2.45) is 23.2 Å². The van der Waals surface area contributed by atoms with Gasteiger partial charge in [0, 0.05) is 50.3 Å². The summed E-state index contributed by atoms with van der Waals surface area (Å²) in [7, 11) is 0. The topological polar surface area (TPSA) is 56.6 Å². The molecular weight excluding hydrogens is 455 g/mol. The molecule has 5 nitrogen and oxygen atoms in total. The van der Waals surface area contributed by atoms with Crippen LogP contribution in [0.5, 0.6) is 0 Å². The van der Waals surface area contributed by atoms with Gasteiger partial charge in [-0.05, 0) is 68.1 Å². The second-order valence-corrected chi connectivity index (χ2v) is 11.1. The molecule has 0 radical (unpaired) electrons. The predicted molar refractivity (Wildman–Crippen MR) is 126 cm³/mol. The SMILES string of the molecule is N#Cc1ccc(N2CC(COCC3CC3)C3(CCN(C(=O)C4CCCC4)CC3)C2)cc1C(F)(F)F. The first-order valence-electron chi connectivity index (χ1n) is 13.0. The first kappa shape index (κ1) is 24.4. The van der Waals surface area contributed by atoms with Crippen molar-refractivity contribution in [1.82, 2.24) is 4.90 Å². The first-order chi connectivity index (χ1) is 16.8. The van der Waals surface area contributed by atoms with Gasteiger partial charge in [-0.3, -0.25) is 4.79 Å². The predicted octanol–water partition coefficient (Wildman–Crippen LogP) is 5.24. The number of carbonyl (C=O) groups is 1. The number of ether oxygens (including phenoxy) is 1. The number of rotatable bonds is 6. The average Bonchev–Trinajstić information content (AvgIpc) is 3.37. The summed E-state index contributed by atoms with van der Waals surface area (Å²) in [5.41, 5.74) is -0.803. The molecule has 2 aliphatic heterocycles. The molecule has 1 amide bonds. The summed E-state index contributed by atoms with van der Waals surface area (Å²) in [5, 5.41) is 9.16. The monoisotopic (exact) mass is 489 g/mol. The molecule has 4 fully saturated rings. The van der Waals surface area contributed by atoms with Crippen LogP contribution in [0.1, 0.15) is 62.5 Å². The molecule has 2 heterocycles. The Morgan fingerprint density at radius 3 is 2.46 bits per heavy atom. The van der Waals surface area contributed by atoms with Crippen LogP contribution in [-0.2, 0) is 15.7 Å². The summed E-state index contributed by atoms with van der Waals surface area (Å²) in [4.78, 5) is 17.0. The third-order valence-electron chi connectivity index (χ3n) is 8.75. The lowest BCUT2D eigenvalue weighted by atomic mass is 9.71. The van der Waals surface area contributed by atoms with E-state index in [9.17, 15) is 18.0 Å². The van der Waals surface area contributed by atoms with Crippen LogP contribution in [-0.4, -0.2) is 50.2 Å². The molecule has 1 unspecified atom stereocenters. The number of halogens is 3. The van der Waals surface area contributed by atoms with Crippen LogP contribution in [0.15, 0.2) is 18.2 Å². The molecule has 1 aromatic carbocycles. The van der Waals surface area contributed by atoms with Gasteiger partial charge in [0.1, 0.15) is 0 Å². The molecule has 2 saturated carbocycles. The molecule has 0 aromatic heterocycles. The largest absolute Gasteiger partial charge is 0.417 e. The van der Waals surface area contributed by atoms with E-state index in [2.05, 4.69) is 0 Å². The van der Waals surface area contributed by atoms with Crippen molar-refractivity contribution < 1.29 is 22.7 Å². The molecule has 190 valence electrons. The van der Waals surface area contributed by atoms with E-state index in [-0.39, 0.29) is 28.7 Å². The quantitative estimate of drug-likeness (QED) is 0.549.